The molecule has 1 atom stereocenters. The molecule has 2 amide bonds. The number of ether oxygens (including phenoxy) is 1. The Morgan fingerprint density at radius 3 is 2.75 bits per heavy atom. The highest BCUT2D eigenvalue weighted by molar-refractivity contribution is 5.88. The van der Waals surface area contributed by atoms with E-state index in [0.29, 0.717) is 26.3 Å². The van der Waals surface area contributed by atoms with Crippen LogP contribution in [-0.4, -0.2) is 49.1 Å². The molecule has 1 heterocycles. The zero-order valence-electron chi connectivity index (χ0n) is 10.2. The lowest BCUT2D eigenvalue weighted by molar-refractivity contribution is -0.150. The van der Waals surface area contributed by atoms with Crippen molar-refractivity contribution in [2.75, 3.05) is 26.3 Å². The van der Waals surface area contributed by atoms with Gasteiger partial charge in [-0.1, -0.05) is 13.8 Å². The number of likely N-dealkylation sites (N-methyl/N-ethyl adjacent to an activating group) is 1. The fourth-order valence-corrected chi connectivity index (χ4v) is 1.71. The Morgan fingerprint density at radius 1 is 1.50 bits per heavy atom. The topological polar surface area (TPSA) is 58.6 Å². The Balaban J connectivity index is 2.71. The molecule has 0 spiro atoms. The van der Waals surface area contributed by atoms with Crippen LogP contribution in [0.3, 0.4) is 0 Å². The molecule has 1 unspecified atom stereocenters. The lowest BCUT2D eigenvalue weighted by Gasteiger charge is -2.35. The molecule has 0 saturated carbocycles. The molecule has 1 aliphatic heterocycles. The fourth-order valence-electron chi connectivity index (χ4n) is 1.71. The van der Waals surface area contributed by atoms with Gasteiger partial charge in [0.15, 0.2) is 0 Å². The molecule has 1 N–H and O–H groups in total. The van der Waals surface area contributed by atoms with Gasteiger partial charge in [0.1, 0.15) is 6.04 Å². The van der Waals surface area contributed by atoms with E-state index in [-0.39, 0.29) is 17.7 Å². The van der Waals surface area contributed by atoms with Crippen LogP contribution in [0.4, 0.5) is 0 Å². The maximum absolute atomic E-state index is 11.9. The van der Waals surface area contributed by atoms with E-state index in [1.807, 2.05) is 20.8 Å². The number of hydrogen-bond acceptors (Lipinski definition) is 3. The van der Waals surface area contributed by atoms with Gasteiger partial charge in [0.05, 0.1) is 13.2 Å². The summed E-state index contributed by atoms with van der Waals surface area (Å²) in [5.74, 6) is -0.203. The second kappa shape index (κ2) is 5.84. The average molecular weight is 228 g/mol. The number of nitrogens with zero attached hydrogens (tertiary/aromatic N) is 1. The summed E-state index contributed by atoms with van der Waals surface area (Å²) in [6, 6.07) is -0.469. The van der Waals surface area contributed by atoms with E-state index >= 15 is 0 Å². The van der Waals surface area contributed by atoms with Gasteiger partial charge in [-0.05, 0) is 6.92 Å². The average Bonchev–Trinajstić information content (AvgIpc) is 2.28. The van der Waals surface area contributed by atoms with Crippen LogP contribution in [-0.2, 0) is 14.3 Å². The zero-order chi connectivity index (χ0) is 12.1. The first-order valence-corrected chi connectivity index (χ1v) is 5.73. The molecule has 1 aliphatic rings. The molecule has 1 rings (SSSR count). The largest absolute Gasteiger partial charge is 0.377 e. The Labute approximate surface area is 96.1 Å². The highest BCUT2D eigenvalue weighted by Crippen LogP contribution is 2.11. The summed E-state index contributed by atoms with van der Waals surface area (Å²) < 4.78 is 5.25. The summed E-state index contributed by atoms with van der Waals surface area (Å²) >= 11 is 0. The summed E-state index contributed by atoms with van der Waals surface area (Å²) in [4.78, 5) is 25.3. The number of amides is 2. The first-order valence-electron chi connectivity index (χ1n) is 5.73. The summed E-state index contributed by atoms with van der Waals surface area (Å²) in [6.07, 6.45) is 0. The minimum atomic E-state index is -0.469. The van der Waals surface area contributed by atoms with Gasteiger partial charge in [0.25, 0.3) is 0 Å². The molecule has 5 heteroatoms. The van der Waals surface area contributed by atoms with Crippen molar-refractivity contribution >= 4 is 11.8 Å². The van der Waals surface area contributed by atoms with Crippen LogP contribution in [0.15, 0.2) is 0 Å². The van der Waals surface area contributed by atoms with Crippen molar-refractivity contribution in [3.05, 3.63) is 0 Å². The van der Waals surface area contributed by atoms with E-state index in [9.17, 15) is 9.59 Å². The van der Waals surface area contributed by atoms with Crippen molar-refractivity contribution in [3.63, 3.8) is 0 Å². The molecule has 1 saturated heterocycles. The van der Waals surface area contributed by atoms with Gasteiger partial charge in [0, 0.05) is 19.0 Å². The third-order valence-electron chi connectivity index (χ3n) is 2.56. The Hall–Kier alpha value is -1.10. The van der Waals surface area contributed by atoms with Crippen molar-refractivity contribution in [1.29, 1.82) is 0 Å². The normalized spacial score (nSPS) is 21.0. The molecular weight excluding hydrogens is 208 g/mol. The minimum Gasteiger partial charge on any atom is -0.377 e. The van der Waals surface area contributed by atoms with Gasteiger partial charge in [-0.15, -0.1) is 0 Å². The predicted octanol–water partition coefficient (Wildman–Crippen LogP) is 0.00590. The molecule has 92 valence electrons. The number of nitrogens with one attached hydrogen (secondary N) is 1. The van der Waals surface area contributed by atoms with E-state index in [0.717, 1.165) is 0 Å². The van der Waals surface area contributed by atoms with Crippen molar-refractivity contribution in [1.82, 2.24) is 10.2 Å². The second-order valence-electron chi connectivity index (χ2n) is 4.17. The molecule has 1 fully saturated rings. The number of carbonyl (C=O) groups excluding carboxylic acids is 2. The van der Waals surface area contributed by atoms with Crippen molar-refractivity contribution < 1.29 is 14.3 Å². The predicted molar refractivity (Wildman–Crippen MR) is 59.8 cm³/mol. The second-order valence-corrected chi connectivity index (χ2v) is 4.17. The minimum absolute atomic E-state index is 0.0135. The SMILES string of the molecule is CCNC(=O)C1COCCN1C(=O)C(C)C. The third kappa shape index (κ3) is 2.95. The molecule has 0 aliphatic carbocycles. The monoisotopic (exact) mass is 228 g/mol. The summed E-state index contributed by atoms with van der Waals surface area (Å²) in [7, 11) is 0. The van der Waals surface area contributed by atoms with Gasteiger partial charge in [-0.25, -0.2) is 0 Å². The Morgan fingerprint density at radius 2 is 2.19 bits per heavy atom. The van der Waals surface area contributed by atoms with E-state index in [2.05, 4.69) is 5.32 Å². The van der Waals surface area contributed by atoms with Crippen LogP contribution in [0.2, 0.25) is 0 Å². The van der Waals surface area contributed by atoms with Crippen LogP contribution in [0.1, 0.15) is 20.8 Å². The smallest absolute Gasteiger partial charge is 0.245 e. The van der Waals surface area contributed by atoms with E-state index in [1.54, 1.807) is 4.90 Å². The highest BCUT2D eigenvalue weighted by atomic mass is 16.5. The maximum atomic E-state index is 11.9. The fraction of sp³-hybridized carbons (Fsp3) is 0.818. The third-order valence-corrected chi connectivity index (χ3v) is 2.56. The number of morpholine rings is 1. The van der Waals surface area contributed by atoms with E-state index in [1.165, 1.54) is 0 Å². The van der Waals surface area contributed by atoms with Gasteiger partial charge in [0.2, 0.25) is 11.8 Å². The lowest BCUT2D eigenvalue weighted by Crippen LogP contribution is -2.56. The maximum Gasteiger partial charge on any atom is 0.245 e. The highest BCUT2D eigenvalue weighted by Gasteiger charge is 2.33. The Kier molecular flexibility index (Phi) is 4.73. The van der Waals surface area contributed by atoms with Gasteiger partial charge in [-0.3, -0.25) is 9.59 Å². The van der Waals surface area contributed by atoms with Crippen molar-refractivity contribution in [3.8, 4) is 0 Å². The number of hydrogen-bond donors (Lipinski definition) is 1. The molecule has 5 nitrogen and oxygen atoms in total. The van der Waals surface area contributed by atoms with Crippen molar-refractivity contribution in [2.24, 2.45) is 5.92 Å². The lowest BCUT2D eigenvalue weighted by atomic mass is 10.1. The zero-order valence-corrected chi connectivity index (χ0v) is 10.2. The molecule has 0 aromatic rings. The molecule has 0 bridgehead atoms. The van der Waals surface area contributed by atoms with Gasteiger partial charge < -0.3 is 15.0 Å². The summed E-state index contributed by atoms with van der Waals surface area (Å²) in [5.41, 5.74) is 0. The van der Waals surface area contributed by atoms with Crippen molar-refractivity contribution in [2.45, 2.75) is 26.8 Å². The Bertz CT molecular complexity index is 266. The summed E-state index contributed by atoms with van der Waals surface area (Å²) in [5, 5.41) is 2.73. The van der Waals surface area contributed by atoms with Crippen LogP contribution in [0.5, 0.6) is 0 Å². The first-order chi connectivity index (χ1) is 7.57. The van der Waals surface area contributed by atoms with E-state index < -0.39 is 6.04 Å². The molecule has 0 aromatic heterocycles. The standard InChI is InChI=1S/C11H20N2O3/c1-4-12-10(14)9-7-16-6-5-13(9)11(15)8(2)3/h8-9H,4-7H2,1-3H3,(H,12,14). The first kappa shape index (κ1) is 13.0. The van der Waals surface area contributed by atoms with Crippen LogP contribution >= 0.6 is 0 Å². The molecule has 16 heavy (non-hydrogen) atoms. The quantitative estimate of drug-likeness (QED) is 0.740. The van der Waals surface area contributed by atoms with Gasteiger partial charge >= 0.3 is 0 Å². The molecular formula is C11H20N2O3. The molecule has 0 aromatic carbocycles. The number of carbonyl (C=O) groups is 2. The van der Waals surface area contributed by atoms with Gasteiger partial charge in [-0.2, -0.15) is 0 Å². The number of rotatable bonds is 3. The van der Waals surface area contributed by atoms with Crippen LogP contribution in [0, 0.1) is 5.92 Å². The summed E-state index contributed by atoms with van der Waals surface area (Å²) in [6.45, 7) is 7.41. The van der Waals surface area contributed by atoms with E-state index in [4.69, 9.17) is 4.74 Å². The van der Waals surface area contributed by atoms with Crippen LogP contribution < -0.4 is 5.32 Å². The molecule has 0 radical (unpaired) electrons. The van der Waals surface area contributed by atoms with Crippen LogP contribution in [0.25, 0.3) is 0 Å².